The van der Waals surface area contributed by atoms with Crippen LogP contribution in [-0.4, -0.2) is 69.6 Å². The Morgan fingerprint density at radius 2 is 1.94 bits per heavy atom. The number of aliphatic carboxylic acids is 2. The maximum absolute atomic E-state index is 12.3. The van der Waals surface area contributed by atoms with Crippen molar-refractivity contribution in [3.8, 4) is 0 Å². The molecule has 35 heavy (non-hydrogen) atoms. The number of hydrogen-bond acceptors (Lipinski definition) is 9. The predicted octanol–water partition coefficient (Wildman–Crippen LogP) is -3.73. The van der Waals surface area contributed by atoms with Crippen LogP contribution in [-0.2, 0) is 14.4 Å². The summed E-state index contributed by atoms with van der Waals surface area (Å²) >= 11 is 0. The van der Waals surface area contributed by atoms with Gasteiger partial charge in [0.15, 0.2) is 11.5 Å². The van der Waals surface area contributed by atoms with Crippen molar-refractivity contribution in [3.63, 3.8) is 0 Å². The molecule has 0 aliphatic carbocycles. The molecule has 8 N–H and O–H groups in total. The average Bonchev–Trinajstić information content (AvgIpc) is 2.79. The maximum Gasteiger partial charge on any atom is 1.00 e. The molecule has 0 saturated heterocycles. The van der Waals surface area contributed by atoms with Crippen LogP contribution >= 0.6 is 0 Å². The Kier molecular flexibility index (Phi) is 9.62. The molecule has 2 unspecified atom stereocenters. The minimum Gasteiger partial charge on any atom is -0.481 e. The zero-order chi connectivity index (χ0) is 24.8. The Morgan fingerprint density at radius 3 is 2.54 bits per heavy atom. The predicted molar refractivity (Wildman–Crippen MR) is 121 cm³/mol. The second kappa shape index (κ2) is 12.2. The third-order valence-corrected chi connectivity index (χ3v) is 5.12. The van der Waals surface area contributed by atoms with Crippen molar-refractivity contribution in [1.82, 2.24) is 15.3 Å². The minimum atomic E-state index is -1.33. The van der Waals surface area contributed by atoms with Crippen LogP contribution in [0.1, 0.15) is 23.2 Å². The SMILES string of the molecule is Nc1nc2c(c(=O)[nH]1)N(C=O)C(CNc1ccc(C(=O)NC(CCC(=O)O)C(=O)O)cc1)CN2.[Na+]. The van der Waals surface area contributed by atoms with Crippen LogP contribution < -0.4 is 61.7 Å². The van der Waals surface area contributed by atoms with Crippen molar-refractivity contribution in [1.29, 1.82) is 0 Å². The third-order valence-electron chi connectivity index (χ3n) is 5.12. The number of anilines is 4. The molecule has 0 bridgehead atoms. The van der Waals surface area contributed by atoms with Gasteiger partial charge in [0.25, 0.3) is 11.5 Å². The van der Waals surface area contributed by atoms with Gasteiger partial charge in [-0.3, -0.25) is 24.2 Å². The largest absolute Gasteiger partial charge is 1.00 e. The molecule has 0 spiro atoms. The number of hydrogen-bond donors (Lipinski definition) is 7. The number of fused-ring (bicyclic) bond motifs is 1. The van der Waals surface area contributed by atoms with Crippen molar-refractivity contribution < 1.29 is 58.9 Å². The second-order valence-electron chi connectivity index (χ2n) is 7.45. The quantitative estimate of drug-likeness (QED) is 0.125. The number of rotatable bonds is 10. The van der Waals surface area contributed by atoms with Gasteiger partial charge in [-0.25, -0.2) is 4.79 Å². The number of carboxylic acids is 2. The first-order valence-electron chi connectivity index (χ1n) is 10.2. The number of carbonyl (C=O) groups excluding carboxylic acids is 2. The molecule has 1 aromatic heterocycles. The van der Waals surface area contributed by atoms with Crippen LogP contribution in [0.15, 0.2) is 29.1 Å². The standard InChI is InChI=1S/C20H23N7O7.Na/c21-20-25-16-15(18(32)26-20)27(9-28)12(8-23-16)7-22-11-3-1-10(2-4-11)17(31)24-13(19(33)34)5-6-14(29)30;/h1-4,9,12-13,22H,5-8H2,(H,24,31)(H,29,30)(H,33,34)(H4,21,23,25,26,32);/q;+1. The van der Waals surface area contributed by atoms with Gasteiger partial charge in [-0.05, 0) is 30.7 Å². The molecule has 2 aromatic rings. The van der Waals surface area contributed by atoms with E-state index in [1.165, 1.54) is 17.0 Å². The molecular weight excluding hydrogens is 473 g/mol. The van der Waals surface area contributed by atoms with E-state index in [1.54, 1.807) is 12.1 Å². The molecule has 2 heterocycles. The smallest absolute Gasteiger partial charge is 0.481 e. The van der Waals surface area contributed by atoms with Gasteiger partial charge in [0.1, 0.15) is 6.04 Å². The zero-order valence-corrected chi connectivity index (χ0v) is 20.8. The van der Waals surface area contributed by atoms with Gasteiger partial charge >= 0.3 is 41.5 Å². The van der Waals surface area contributed by atoms with Crippen molar-refractivity contribution >= 4 is 47.4 Å². The molecule has 0 saturated carbocycles. The molecular formula is C20H23N7NaO7+. The number of benzene rings is 1. The fourth-order valence-electron chi connectivity index (χ4n) is 3.39. The van der Waals surface area contributed by atoms with E-state index in [2.05, 4.69) is 25.9 Å². The molecule has 1 aliphatic rings. The fraction of sp³-hybridized carbons (Fsp3) is 0.300. The second-order valence-corrected chi connectivity index (χ2v) is 7.45. The van der Waals surface area contributed by atoms with E-state index in [0.29, 0.717) is 18.6 Å². The number of aromatic amines is 1. The first-order chi connectivity index (χ1) is 16.2. The number of nitrogens with zero attached hydrogens (tertiary/aromatic N) is 2. The van der Waals surface area contributed by atoms with Gasteiger partial charge in [0.2, 0.25) is 12.4 Å². The minimum absolute atomic E-state index is 0. The number of aromatic nitrogens is 2. The van der Waals surface area contributed by atoms with E-state index in [4.69, 9.17) is 10.8 Å². The number of amides is 2. The molecule has 14 nitrogen and oxygen atoms in total. The molecule has 0 fully saturated rings. The summed E-state index contributed by atoms with van der Waals surface area (Å²) in [6.07, 6.45) is -0.101. The van der Waals surface area contributed by atoms with Gasteiger partial charge in [0.05, 0.1) is 6.04 Å². The molecule has 1 aromatic carbocycles. The third kappa shape index (κ3) is 6.94. The summed E-state index contributed by atoms with van der Waals surface area (Å²) in [5.41, 5.74) is 5.84. The molecule has 3 rings (SSSR count). The summed E-state index contributed by atoms with van der Waals surface area (Å²) in [6.45, 7) is 0.568. The summed E-state index contributed by atoms with van der Waals surface area (Å²) in [7, 11) is 0. The van der Waals surface area contributed by atoms with Gasteiger partial charge in [0, 0.05) is 30.8 Å². The van der Waals surface area contributed by atoms with Crippen LogP contribution in [0.2, 0.25) is 0 Å². The molecule has 15 heteroatoms. The number of nitrogen functional groups attached to an aromatic ring is 1. The van der Waals surface area contributed by atoms with Gasteiger partial charge in [-0.2, -0.15) is 4.98 Å². The normalized spacial score (nSPS) is 15.0. The van der Waals surface area contributed by atoms with Crippen LogP contribution in [0, 0.1) is 0 Å². The van der Waals surface area contributed by atoms with Crippen LogP contribution in [0.3, 0.4) is 0 Å². The van der Waals surface area contributed by atoms with Crippen LogP contribution in [0.4, 0.5) is 23.1 Å². The van der Waals surface area contributed by atoms with Gasteiger partial charge in [-0.1, -0.05) is 0 Å². The molecule has 1 aliphatic heterocycles. The Morgan fingerprint density at radius 1 is 1.26 bits per heavy atom. The Balaban J connectivity index is 0.00000432. The van der Waals surface area contributed by atoms with Crippen molar-refractivity contribution in [2.24, 2.45) is 0 Å². The average molecular weight is 496 g/mol. The number of carboxylic acid groups (broad SMARTS) is 2. The van der Waals surface area contributed by atoms with Crippen LogP contribution in [0.25, 0.3) is 0 Å². The summed E-state index contributed by atoms with van der Waals surface area (Å²) in [6, 6.07) is 4.36. The van der Waals surface area contributed by atoms with Gasteiger partial charge < -0.3 is 36.8 Å². The number of nitrogens with two attached hydrogens (primary N) is 1. The molecule has 2 amide bonds. The summed E-state index contributed by atoms with van der Waals surface area (Å²) in [4.78, 5) is 65.7. The van der Waals surface area contributed by atoms with E-state index >= 15 is 0 Å². The first kappa shape index (κ1) is 27.6. The number of nitrogens with one attached hydrogen (secondary N) is 4. The van der Waals surface area contributed by atoms with E-state index in [9.17, 15) is 29.1 Å². The van der Waals surface area contributed by atoms with E-state index in [1.807, 2.05) is 0 Å². The first-order valence-corrected chi connectivity index (χ1v) is 10.2. The monoisotopic (exact) mass is 496 g/mol. The molecule has 180 valence electrons. The van der Waals surface area contributed by atoms with E-state index in [0.717, 1.165) is 0 Å². The maximum atomic E-state index is 12.3. The topological polar surface area (TPSA) is 220 Å². The molecule has 2 atom stereocenters. The van der Waals surface area contributed by atoms with Crippen molar-refractivity contribution in [2.45, 2.75) is 24.9 Å². The number of H-pyrrole nitrogens is 1. The van der Waals surface area contributed by atoms with E-state index in [-0.39, 0.29) is 65.5 Å². The number of carbonyl (C=O) groups is 4. The van der Waals surface area contributed by atoms with Gasteiger partial charge in [-0.15, -0.1) is 0 Å². The van der Waals surface area contributed by atoms with Crippen molar-refractivity contribution in [3.05, 3.63) is 40.2 Å². The van der Waals surface area contributed by atoms with Crippen molar-refractivity contribution in [2.75, 3.05) is 34.4 Å². The van der Waals surface area contributed by atoms with Crippen LogP contribution in [0.5, 0.6) is 0 Å². The molecule has 0 radical (unpaired) electrons. The fourth-order valence-corrected chi connectivity index (χ4v) is 3.39. The zero-order valence-electron chi connectivity index (χ0n) is 18.8. The Bertz CT molecular complexity index is 1160. The summed E-state index contributed by atoms with van der Waals surface area (Å²) in [5.74, 6) is -3.00. The Labute approximate surface area is 220 Å². The summed E-state index contributed by atoms with van der Waals surface area (Å²) in [5, 5.41) is 26.3. The van der Waals surface area contributed by atoms with E-state index < -0.39 is 41.9 Å². The summed E-state index contributed by atoms with van der Waals surface area (Å²) < 4.78 is 0. The Hall–Kier alpha value is -3.62.